The van der Waals surface area contributed by atoms with Crippen molar-refractivity contribution in [2.45, 2.75) is 46.3 Å². The summed E-state index contributed by atoms with van der Waals surface area (Å²) in [6.45, 7) is 10.3. The lowest BCUT2D eigenvalue weighted by Gasteiger charge is -2.37. The molecule has 23 heavy (non-hydrogen) atoms. The molecule has 0 saturated carbocycles. The van der Waals surface area contributed by atoms with Crippen LogP contribution in [0.4, 0.5) is 0 Å². The molecule has 1 N–H and O–H groups in total. The molecule has 2 aromatic rings. The summed E-state index contributed by atoms with van der Waals surface area (Å²) in [6.07, 6.45) is 7.06. The molecule has 6 nitrogen and oxygen atoms in total. The molecular formula is C17H27N5O. The molecule has 2 unspecified atom stereocenters. The fourth-order valence-corrected chi connectivity index (χ4v) is 3.61. The van der Waals surface area contributed by atoms with Gasteiger partial charge in [-0.1, -0.05) is 6.92 Å². The van der Waals surface area contributed by atoms with Gasteiger partial charge in [-0.3, -0.25) is 9.58 Å². The molecule has 0 spiro atoms. The second-order valence-corrected chi connectivity index (χ2v) is 6.67. The molecule has 0 amide bonds. The van der Waals surface area contributed by atoms with E-state index in [2.05, 4.69) is 46.5 Å². The van der Waals surface area contributed by atoms with E-state index < -0.39 is 0 Å². The van der Waals surface area contributed by atoms with Crippen molar-refractivity contribution >= 4 is 0 Å². The summed E-state index contributed by atoms with van der Waals surface area (Å²) in [6, 6.07) is 0.486. The zero-order valence-corrected chi connectivity index (χ0v) is 14.3. The number of likely N-dealkylation sites (tertiary alicyclic amines) is 1. The molecule has 3 rings (SSSR count). The molecule has 1 fully saturated rings. The van der Waals surface area contributed by atoms with E-state index in [1.165, 1.54) is 17.7 Å². The lowest BCUT2D eigenvalue weighted by Crippen LogP contribution is -2.40. The normalized spacial score (nSPS) is 22.6. The SMILES string of the molecule is Cc1nn(CCO)c(C)c1CN1CCC(C)C(n2ccnc2)C1. The Bertz CT molecular complexity index is 634. The van der Waals surface area contributed by atoms with Crippen LogP contribution in [0.15, 0.2) is 18.7 Å². The third kappa shape index (κ3) is 3.33. The number of rotatable bonds is 5. The van der Waals surface area contributed by atoms with Gasteiger partial charge < -0.3 is 9.67 Å². The van der Waals surface area contributed by atoms with E-state index in [0.717, 1.165) is 25.3 Å². The zero-order chi connectivity index (χ0) is 16.4. The van der Waals surface area contributed by atoms with Crippen molar-refractivity contribution in [3.8, 4) is 0 Å². The van der Waals surface area contributed by atoms with Crippen molar-refractivity contribution in [3.63, 3.8) is 0 Å². The van der Waals surface area contributed by atoms with Gasteiger partial charge >= 0.3 is 0 Å². The largest absolute Gasteiger partial charge is 0.394 e. The van der Waals surface area contributed by atoms with Crippen molar-refractivity contribution in [3.05, 3.63) is 35.7 Å². The van der Waals surface area contributed by atoms with Gasteiger partial charge in [0.2, 0.25) is 0 Å². The minimum absolute atomic E-state index is 0.130. The van der Waals surface area contributed by atoms with Gasteiger partial charge in [0.15, 0.2) is 0 Å². The summed E-state index contributed by atoms with van der Waals surface area (Å²) < 4.78 is 4.16. The van der Waals surface area contributed by atoms with Gasteiger partial charge in [-0.15, -0.1) is 0 Å². The van der Waals surface area contributed by atoms with Gasteiger partial charge in [0, 0.05) is 42.8 Å². The van der Waals surface area contributed by atoms with Crippen molar-refractivity contribution in [2.24, 2.45) is 5.92 Å². The fraction of sp³-hybridized carbons (Fsp3) is 0.647. The summed E-state index contributed by atoms with van der Waals surface area (Å²) >= 11 is 0. The summed E-state index contributed by atoms with van der Waals surface area (Å²) in [4.78, 5) is 6.72. The summed E-state index contributed by atoms with van der Waals surface area (Å²) in [5.41, 5.74) is 3.56. The Balaban J connectivity index is 1.73. The molecule has 3 heterocycles. The first kappa shape index (κ1) is 16.2. The maximum Gasteiger partial charge on any atom is 0.0949 e. The van der Waals surface area contributed by atoms with E-state index in [4.69, 9.17) is 5.11 Å². The van der Waals surface area contributed by atoms with Gasteiger partial charge in [0.1, 0.15) is 0 Å². The molecule has 2 aromatic heterocycles. The summed E-state index contributed by atoms with van der Waals surface area (Å²) in [5.74, 6) is 0.666. The van der Waals surface area contributed by atoms with Gasteiger partial charge in [0.25, 0.3) is 0 Å². The topological polar surface area (TPSA) is 59.1 Å². The van der Waals surface area contributed by atoms with E-state index in [1.54, 1.807) is 0 Å². The van der Waals surface area contributed by atoms with Crippen LogP contribution in [0.2, 0.25) is 0 Å². The third-order valence-electron chi connectivity index (χ3n) is 5.14. The molecule has 0 radical (unpaired) electrons. The minimum Gasteiger partial charge on any atom is -0.394 e. The molecule has 0 bridgehead atoms. The number of imidazole rings is 1. The highest BCUT2D eigenvalue weighted by molar-refractivity contribution is 5.24. The molecule has 6 heteroatoms. The van der Waals surface area contributed by atoms with Crippen LogP contribution >= 0.6 is 0 Å². The summed E-state index contributed by atoms with van der Waals surface area (Å²) in [7, 11) is 0. The maximum absolute atomic E-state index is 9.16. The Kier molecular flexibility index (Phi) is 4.82. The van der Waals surface area contributed by atoms with Crippen LogP contribution in [-0.2, 0) is 13.1 Å². The number of hydrogen-bond acceptors (Lipinski definition) is 4. The zero-order valence-electron chi connectivity index (χ0n) is 14.3. The monoisotopic (exact) mass is 317 g/mol. The maximum atomic E-state index is 9.16. The number of piperidine rings is 1. The fourth-order valence-electron chi connectivity index (χ4n) is 3.61. The van der Waals surface area contributed by atoms with Crippen molar-refractivity contribution in [1.29, 1.82) is 0 Å². The Hall–Kier alpha value is -1.66. The third-order valence-corrected chi connectivity index (χ3v) is 5.14. The average molecular weight is 317 g/mol. The van der Waals surface area contributed by atoms with Crippen LogP contribution in [0.1, 0.15) is 36.3 Å². The minimum atomic E-state index is 0.130. The Morgan fingerprint density at radius 3 is 2.87 bits per heavy atom. The van der Waals surface area contributed by atoms with E-state index in [-0.39, 0.29) is 6.61 Å². The first-order chi connectivity index (χ1) is 11.1. The van der Waals surface area contributed by atoms with Crippen LogP contribution in [0.25, 0.3) is 0 Å². The quantitative estimate of drug-likeness (QED) is 0.913. The highest BCUT2D eigenvalue weighted by Gasteiger charge is 2.28. The molecule has 1 saturated heterocycles. The van der Waals surface area contributed by atoms with Crippen molar-refractivity contribution in [1.82, 2.24) is 24.2 Å². The van der Waals surface area contributed by atoms with Crippen LogP contribution in [0, 0.1) is 19.8 Å². The summed E-state index contributed by atoms with van der Waals surface area (Å²) in [5, 5.41) is 13.7. The first-order valence-corrected chi connectivity index (χ1v) is 8.43. The van der Waals surface area contributed by atoms with Crippen molar-refractivity contribution in [2.75, 3.05) is 19.7 Å². The van der Waals surface area contributed by atoms with Crippen molar-refractivity contribution < 1.29 is 5.11 Å². The number of hydrogen-bond donors (Lipinski definition) is 1. The lowest BCUT2D eigenvalue weighted by atomic mass is 9.93. The van der Waals surface area contributed by atoms with Crippen LogP contribution in [0.5, 0.6) is 0 Å². The smallest absolute Gasteiger partial charge is 0.0949 e. The number of aliphatic hydroxyl groups is 1. The van der Waals surface area contributed by atoms with Crippen LogP contribution in [0.3, 0.4) is 0 Å². The molecule has 2 atom stereocenters. The van der Waals surface area contributed by atoms with Gasteiger partial charge in [-0.05, 0) is 32.7 Å². The Morgan fingerprint density at radius 1 is 1.35 bits per heavy atom. The Morgan fingerprint density at radius 2 is 2.17 bits per heavy atom. The standard InChI is InChI=1S/C17H27N5O/c1-13-4-6-20(11-17(13)21-7-5-18-12-21)10-16-14(2)19-22(8-9-23)15(16)3/h5,7,12-13,17,23H,4,6,8-11H2,1-3H3. The molecule has 126 valence electrons. The van der Waals surface area contributed by atoms with E-state index in [9.17, 15) is 0 Å². The molecule has 1 aliphatic heterocycles. The van der Waals surface area contributed by atoms with E-state index in [1.807, 2.05) is 17.2 Å². The van der Waals surface area contributed by atoms with E-state index in [0.29, 0.717) is 18.5 Å². The molecule has 0 aliphatic carbocycles. The number of aryl methyl sites for hydroxylation is 1. The second kappa shape index (κ2) is 6.84. The van der Waals surface area contributed by atoms with Crippen LogP contribution in [-0.4, -0.2) is 49.0 Å². The van der Waals surface area contributed by atoms with E-state index >= 15 is 0 Å². The molecule has 1 aliphatic rings. The number of aromatic nitrogens is 4. The highest BCUT2D eigenvalue weighted by Crippen LogP contribution is 2.29. The van der Waals surface area contributed by atoms with Crippen LogP contribution < -0.4 is 0 Å². The van der Waals surface area contributed by atoms with Gasteiger partial charge in [-0.2, -0.15) is 5.10 Å². The number of aliphatic hydroxyl groups excluding tert-OH is 1. The second-order valence-electron chi connectivity index (χ2n) is 6.67. The Labute approximate surface area is 137 Å². The number of nitrogens with zero attached hydrogens (tertiary/aromatic N) is 5. The highest BCUT2D eigenvalue weighted by atomic mass is 16.3. The van der Waals surface area contributed by atoms with Gasteiger partial charge in [-0.25, -0.2) is 4.98 Å². The molecular weight excluding hydrogens is 290 g/mol. The lowest BCUT2D eigenvalue weighted by molar-refractivity contribution is 0.126. The average Bonchev–Trinajstić information content (AvgIpc) is 3.14. The molecule has 0 aromatic carbocycles. The predicted molar refractivity (Wildman–Crippen MR) is 89.1 cm³/mol. The predicted octanol–water partition coefficient (Wildman–Crippen LogP) is 1.77. The van der Waals surface area contributed by atoms with Gasteiger partial charge in [0.05, 0.1) is 25.2 Å². The first-order valence-electron chi connectivity index (χ1n) is 8.43.